The number of ether oxygens (including phenoxy) is 2. The van der Waals surface area contributed by atoms with Crippen molar-refractivity contribution in [3.8, 4) is 28.3 Å². The van der Waals surface area contributed by atoms with E-state index in [4.69, 9.17) is 9.47 Å². The molecule has 1 aliphatic heterocycles. The summed E-state index contributed by atoms with van der Waals surface area (Å²) in [6.07, 6.45) is 2.30. The lowest BCUT2D eigenvalue weighted by molar-refractivity contribution is 0.0153. The van der Waals surface area contributed by atoms with Gasteiger partial charge in [-0.2, -0.15) is 10.2 Å². The summed E-state index contributed by atoms with van der Waals surface area (Å²) in [5, 5.41) is 9.34. The minimum atomic E-state index is -2.85. The maximum absolute atomic E-state index is 15.5. The van der Waals surface area contributed by atoms with Gasteiger partial charge in [0, 0.05) is 32.2 Å². The molecule has 0 radical (unpaired) electrons. The first-order valence-electron chi connectivity index (χ1n) is 12.4. The van der Waals surface area contributed by atoms with Crippen molar-refractivity contribution in [2.75, 3.05) is 13.2 Å². The second kappa shape index (κ2) is 8.63. The third-order valence-corrected chi connectivity index (χ3v) is 8.96. The van der Waals surface area contributed by atoms with E-state index in [1.165, 1.54) is 35.1 Å². The van der Waals surface area contributed by atoms with Gasteiger partial charge in [-0.05, 0) is 30.3 Å². The van der Waals surface area contributed by atoms with E-state index in [1.54, 1.807) is 4.68 Å². The molecule has 6 rings (SSSR count). The number of rotatable bonds is 7. The Hall–Kier alpha value is -3.25. The summed E-state index contributed by atoms with van der Waals surface area (Å²) >= 11 is 0. The van der Waals surface area contributed by atoms with Gasteiger partial charge < -0.3 is 9.47 Å². The fourth-order valence-electron chi connectivity index (χ4n) is 4.86. The van der Waals surface area contributed by atoms with E-state index in [-0.39, 0.29) is 37.7 Å². The first-order chi connectivity index (χ1) is 18.0. The first kappa shape index (κ1) is 25.0. The molecule has 1 unspecified atom stereocenters. The second-order valence-electron chi connectivity index (χ2n) is 11.4. The Morgan fingerprint density at radius 3 is 2.50 bits per heavy atom. The van der Waals surface area contributed by atoms with Crippen LogP contribution < -0.4 is 4.74 Å². The van der Waals surface area contributed by atoms with Crippen molar-refractivity contribution in [2.24, 2.45) is 5.41 Å². The van der Waals surface area contributed by atoms with Gasteiger partial charge in [-0.3, -0.25) is 0 Å². The molecule has 200 valence electrons. The molecule has 4 aromatic rings. The maximum Gasteiger partial charge on any atom is 0.259 e. The number of fused-ring (bicyclic) bond motifs is 2. The molecule has 1 saturated carbocycles. The van der Waals surface area contributed by atoms with Gasteiger partial charge in [0.15, 0.2) is 5.65 Å². The van der Waals surface area contributed by atoms with Crippen LogP contribution in [0.25, 0.3) is 33.4 Å². The van der Waals surface area contributed by atoms with Crippen molar-refractivity contribution in [1.82, 2.24) is 24.5 Å². The molecule has 38 heavy (non-hydrogen) atoms. The van der Waals surface area contributed by atoms with E-state index >= 15 is 4.39 Å². The molecule has 1 aromatic carbocycles. The Morgan fingerprint density at radius 2 is 1.82 bits per heavy atom. The maximum atomic E-state index is 15.5. The Bertz CT molecular complexity index is 1530. The van der Waals surface area contributed by atoms with Crippen LogP contribution in [0, 0.1) is 17.0 Å². The molecule has 12 heteroatoms. The van der Waals surface area contributed by atoms with Crippen LogP contribution in [0.4, 0.5) is 17.6 Å². The molecule has 1 aliphatic carbocycles. The SMILES string of the molecule is C[Si](C)(C)CCOCn1ncc2c(-c3c(-c4ccc(F)cc4)nn4c3OCC3(C4)CC3(F)F)c(F)cnc21. The highest BCUT2D eigenvalue weighted by atomic mass is 28.3. The fraction of sp³-hybridized carbons (Fsp3) is 0.423. The molecule has 4 heterocycles. The highest BCUT2D eigenvalue weighted by Crippen LogP contribution is 2.63. The predicted molar refractivity (Wildman–Crippen MR) is 136 cm³/mol. The fourth-order valence-corrected chi connectivity index (χ4v) is 5.62. The number of alkyl halides is 2. The second-order valence-corrected chi connectivity index (χ2v) is 17.0. The molecule has 1 atom stereocenters. The van der Waals surface area contributed by atoms with Gasteiger partial charge in [0.25, 0.3) is 5.92 Å². The third kappa shape index (κ3) is 4.19. The average Bonchev–Trinajstić information content (AvgIpc) is 3.16. The Balaban J connectivity index is 1.45. The van der Waals surface area contributed by atoms with Crippen LogP contribution >= 0.6 is 0 Å². The molecular weight excluding hydrogens is 518 g/mol. The van der Waals surface area contributed by atoms with E-state index < -0.39 is 31.0 Å². The highest BCUT2D eigenvalue weighted by molar-refractivity contribution is 6.76. The minimum Gasteiger partial charge on any atom is -0.476 e. The Morgan fingerprint density at radius 1 is 1.08 bits per heavy atom. The molecule has 1 spiro atoms. The van der Waals surface area contributed by atoms with Crippen molar-refractivity contribution in [2.45, 2.75) is 51.3 Å². The third-order valence-electron chi connectivity index (χ3n) is 7.25. The van der Waals surface area contributed by atoms with Gasteiger partial charge in [-0.15, -0.1) is 0 Å². The largest absolute Gasteiger partial charge is 0.476 e. The summed E-state index contributed by atoms with van der Waals surface area (Å²) in [7, 11) is -1.27. The molecule has 0 N–H and O–H groups in total. The van der Waals surface area contributed by atoms with E-state index in [0.29, 0.717) is 34.5 Å². The monoisotopic (exact) mass is 545 g/mol. The number of hydrogen-bond donors (Lipinski definition) is 0. The predicted octanol–water partition coefficient (Wildman–Crippen LogP) is 5.97. The van der Waals surface area contributed by atoms with Crippen molar-refractivity contribution in [1.29, 1.82) is 0 Å². The van der Waals surface area contributed by atoms with Crippen LogP contribution in [0.5, 0.6) is 5.88 Å². The van der Waals surface area contributed by atoms with Gasteiger partial charge in [0.1, 0.15) is 30.7 Å². The quantitative estimate of drug-likeness (QED) is 0.163. The standard InChI is InChI=1S/C26H27F4N5O2Si/c1-38(2,3)9-8-36-15-35-23-18(10-32-35)20(19(28)11-31-23)21-22(16-4-6-17(27)7-5-16)33-34-13-25(12-26(25,29)30)14-37-24(21)34/h4-7,10-11H,8-9,12-15H2,1-3H3. The molecule has 3 aromatic heterocycles. The molecule has 7 nitrogen and oxygen atoms in total. The van der Waals surface area contributed by atoms with E-state index in [9.17, 15) is 13.2 Å². The molecule has 0 bridgehead atoms. The van der Waals surface area contributed by atoms with Gasteiger partial charge >= 0.3 is 0 Å². The zero-order valence-corrected chi connectivity index (χ0v) is 22.3. The summed E-state index contributed by atoms with van der Waals surface area (Å²) in [4.78, 5) is 4.25. The molecule has 2 aliphatic rings. The number of nitrogens with zero attached hydrogens (tertiary/aromatic N) is 5. The van der Waals surface area contributed by atoms with Crippen LogP contribution in [0.3, 0.4) is 0 Å². The van der Waals surface area contributed by atoms with Gasteiger partial charge in [-0.1, -0.05) is 19.6 Å². The number of aromatic nitrogens is 5. The number of pyridine rings is 1. The van der Waals surface area contributed by atoms with Gasteiger partial charge in [-0.25, -0.2) is 31.9 Å². The van der Waals surface area contributed by atoms with Crippen LogP contribution in [0.2, 0.25) is 25.7 Å². The lowest BCUT2D eigenvalue weighted by Gasteiger charge is -2.24. The zero-order chi connectivity index (χ0) is 26.9. The highest BCUT2D eigenvalue weighted by Gasteiger charge is 2.73. The van der Waals surface area contributed by atoms with Gasteiger partial charge in [0.2, 0.25) is 5.88 Å². The Labute approximate surface area is 217 Å². The lowest BCUT2D eigenvalue weighted by Crippen LogP contribution is -2.31. The smallest absolute Gasteiger partial charge is 0.259 e. The summed E-state index contributed by atoms with van der Waals surface area (Å²) in [5.41, 5.74) is 0.303. The lowest BCUT2D eigenvalue weighted by atomic mass is 9.98. The number of halogens is 4. The van der Waals surface area contributed by atoms with Crippen LogP contribution in [-0.4, -0.2) is 51.8 Å². The van der Waals surface area contributed by atoms with Crippen molar-refractivity contribution >= 4 is 19.1 Å². The summed E-state index contributed by atoms with van der Waals surface area (Å²) in [6, 6.07) is 6.55. The van der Waals surface area contributed by atoms with Crippen LogP contribution in [0.1, 0.15) is 6.42 Å². The van der Waals surface area contributed by atoms with Crippen molar-refractivity contribution < 1.29 is 27.0 Å². The van der Waals surface area contributed by atoms with Crippen molar-refractivity contribution in [3.63, 3.8) is 0 Å². The number of benzene rings is 1. The Kier molecular flexibility index (Phi) is 5.69. The van der Waals surface area contributed by atoms with Gasteiger partial charge in [0.05, 0.1) is 35.3 Å². The topological polar surface area (TPSA) is 67.0 Å². The van der Waals surface area contributed by atoms with E-state index in [0.717, 1.165) is 12.2 Å². The molecule has 1 fully saturated rings. The van der Waals surface area contributed by atoms with E-state index in [1.807, 2.05) is 0 Å². The zero-order valence-electron chi connectivity index (χ0n) is 21.3. The molecule has 0 saturated heterocycles. The summed E-state index contributed by atoms with van der Waals surface area (Å²) < 4.78 is 72.2. The molecule has 0 amide bonds. The van der Waals surface area contributed by atoms with E-state index in [2.05, 4.69) is 34.8 Å². The first-order valence-corrected chi connectivity index (χ1v) is 16.1. The van der Waals surface area contributed by atoms with Crippen LogP contribution in [0.15, 0.2) is 36.7 Å². The average molecular weight is 546 g/mol. The number of hydrogen-bond acceptors (Lipinski definition) is 5. The van der Waals surface area contributed by atoms with Crippen LogP contribution in [-0.2, 0) is 18.0 Å². The summed E-state index contributed by atoms with van der Waals surface area (Å²) in [6.45, 7) is 7.24. The summed E-state index contributed by atoms with van der Waals surface area (Å²) in [5.74, 6) is -3.75. The normalized spacial score (nSPS) is 20.1. The minimum absolute atomic E-state index is 0.0659. The molecular formula is C26H27F4N5O2Si. The van der Waals surface area contributed by atoms with Crippen molar-refractivity contribution in [3.05, 3.63) is 48.3 Å².